The monoisotopic (exact) mass is 419 g/mol. The third-order valence-electron chi connectivity index (χ3n) is 6.44. The zero-order valence-corrected chi connectivity index (χ0v) is 16.7. The van der Waals surface area contributed by atoms with Crippen LogP contribution in [0.5, 0.6) is 0 Å². The molecule has 3 atom stereocenters. The fourth-order valence-electron chi connectivity index (χ4n) is 5.11. The number of carbonyl (C=O) groups is 2. The van der Waals surface area contributed by atoms with Crippen LogP contribution in [-0.4, -0.2) is 35.2 Å². The number of hydrogen-bond donors (Lipinski definition) is 1. The molecule has 2 aliphatic heterocycles. The lowest BCUT2D eigenvalue weighted by Gasteiger charge is -2.35. The fraction of sp³-hybridized carbons (Fsp3) is 0.208. The van der Waals surface area contributed by atoms with Gasteiger partial charge in [0.25, 0.3) is 0 Å². The first kappa shape index (κ1) is 19.5. The molecule has 156 valence electrons. The first-order chi connectivity index (χ1) is 14.9. The molecule has 31 heavy (non-hydrogen) atoms. The van der Waals surface area contributed by atoms with Crippen LogP contribution >= 0.6 is 0 Å². The van der Waals surface area contributed by atoms with E-state index in [0.29, 0.717) is 23.4 Å². The third kappa shape index (κ3) is 2.80. The number of nitrogens with one attached hydrogen (secondary N) is 1. The molecule has 5 nitrogen and oxygen atoms in total. The lowest BCUT2D eigenvalue weighted by molar-refractivity contribution is -0.126. The Morgan fingerprint density at radius 1 is 1.13 bits per heavy atom. The highest BCUT2D eigenvalue weighted by Crippen LogP contribution is 2.55. The molecule has 1 spiro atoms. The summed E-state index contributed by atoms with van der Waals surface area (Å²) in [4.78, 5) is 33.1. The second-order valence-electron chi connectivity index (χ2n) is 8.03. The van der Waals surface area contributed by atoms with E-state index in [2.05, 4.69) is 10.3 Å². The average molecular weight is 419 g/mol. The first-order valence-electron chi connectivity index (χ1n) is 9.95. The molecule has 0 saturated carbocycles. The van der Waals surface area contributed by atoms with Gasteiger partial charge in [-0.15, -0.1) is 0 Å². The number of likely N-dealkylation sites (tertiary alicyclic amines) is 1. The number of amides is 1. The molecule has 0 bridgehead atoms. The average Bonchev–Trinajstić information content (AvgIpc) is 3.24. The van der Waals surface area contributed by atoms with Crippen LogP contribution in [0.2, 0.25) is 0 Å². The molecule has 1 amide bonds. The molecule has 3 aromatic rings. The number of likely N-dealkylation sites (N-methyl/N-ethyl adjacent to an activating group) is 1. The molecule has 1 aromatic heterocycles. The summed E-state index contributed by atoms with van der Waals surface area (Å²) in [5.74, 6) is -2.76. The molecule has 5 rings (SSSR count). The van der Waals surface area contributed by atoms with Crippen LogP contribution < -0.4 is 5.32 Å². The largest absolute Gasteiger partial charge is 0.324 e. The number of halogens is 2. The Morgan fingerprint density at radius 3 is 2.58 bits per heavy atom. The Kier molecular flexibility index (Phi) is 4.44. The van der Waals surface area contributed by atoms with Crippen LogP contribution in [0.25, 0.3) is 0 Å². The standard InChI is InChI=1S/C24H19F2N3O2/c1-29-13-18(14-4-6-16(25)7-5-14)21(22(30)15-3-2-10-27-12-15)24(29)19-11-17(26)8-9-20(19)28-23(24)31/h2-12,18,21H,13H2,1H3,(H,28,31)/t18-,21+,24-/m1/s1. The zero-order valence-electron chi connectivity index (χ0n) is 16.7. The molecule has 7 heteroatoms. The Bertz CT molecular complexity index is 1180. The number of rotatable bonds is 3. The molecular weight excluding hydrogens is 400 g/mol. The van der Waals surface area contributed by atoms with Crippen LogP contribution in [0, 0.1) is 17.6 Å². The quantitative estimate of drug-likeness (QED) is 0.657. The van der Waals surface area contributed by atoms with Crippen molar-refractivity contribution in [1.82, 2.24) is 9.88 Å². The van der Waals surface area contributed by atoms with Crippen LogP contribution in [0.4, 0.5) is 14.5 Å². The molecular formula is C24H19F2N3O2. The molecule has 0 radical (unpaired) electrons. The number of anilines is 1. The van der Waals surface area contributed by atoms with Crippen molar-refractivity contribution in [3.63, 3.8) is 0 Å². The summed E-state index contributed by atoms with van der Waals surface area (Å²) >= 11 is 0. The van der Waals surface area contributed by atoms with Gasteiger partial charge in [-0.3, -0.25) is 19.5 Å². The zero-order chi connectivity index (χ0) is 21.8. The Labute approximate surface area is 177 Å². The maximum absolute atomic E-state index is 14.3. The van der Waals surface area contributed by atoms with Gasteiger partial charge in [-0.05, 0) is 55.1 Å². The topological polar surface area (TPSA) is 62.3 Å². The number of ketones is 1. The SMILES string of the molecule is CN1C[C@H](c2ccc(F)cc2)[C@@H](C(=O)c2cccnc2)[C@]12C(=O)Nc1ccc(F)cc12. The summed E-state index contributed by atoms with van der Waals surface area (Å²) < 4.78 is 27.9. The van der Waals surface area contributed by atoms with E-state index in [1.807, 2.05) is 0 Å². The highest BCUT2D eigenvalue weighted by Gasteiger charge is 2.64. The number of carbonyl (C=O) groups excluding carboxylic acids is 2. The predicted octanol–water partition coefficient (Wildman–Crippen LogP) is 3.74. The lowest BCUT2D eigenvalue weighted by Crippen LogP contribution is -2.51. The second-order valence-corrected chi connectivity index (χ2v) is 8.03. The van der Waals surface area contributed by atoms with Gasteiger partial charge in [0.15, 0.2) is 5.78 Å². The van der Waals surface area contributed by atoms with Gasteiger partial charge in [0.05, 0.1) is 5.92 Å². The van der Waals surface area contributed by atoms with Gasteiger partial charge in [-0.25, -0.2) is 8.78 Å². The number of pyridine rings is 1. The van der Waals surface area contributed by atoms with E-state index in [1.165, 1.54) is 36.5 Å². The van der Waals surface area contributed by atoms with Gasteiger partial charge in [0.1, 0.15) is 17.2 Å². The van der Waals surface area contributed by atoms with Crippen LogP contribution in [0.3, 0.4) is 0 Å². The molecule has 1 saturated heterocycles. The van der Waals surface area contributed by atoms with Gasteiger partial charge >= 0.3 is 0 Å². The normalized spacial score (nSPS) is 24.9. The van der Waals surface area contributed by atoms with E-state index in [0.717, 1.165) is 5.56 Å². The van der Waals surface area contributed by atoms with Crippen molar-refractivity contribution in [1.29, 1.82) is 0 Å². The van der Waals surface area contributed by atoms with E-state index >= 15 is 0 Å². The number of nitrogens with zero attached hydrogens (tertiary/aromatic N) is 2. The van der Waals surface area contributed by atoms with Crippen molar-refractivity contribution in [2.45, 2.75) is 11.5 Å². The van der Waals surface area contributed by atoms with Gasteiger partial charge in [0, 0.05) is 41.7 Å². The summed E-state index contributed by atoms with van der Waals surface area (Å²) in [6.07, 6.45) is 3.03. The summed E-state index contributed by atoms with van der Waals surface area (Å²) in [6, 6.07) is 13.4. The third-order valence-corrected chi connectivity index (χ3v) is 6.44. The molecule has 1 N–H and O–H groups in total. The smallest absolute Gasteiger partial charge is 0.250 e. The Balaban J connectivity index is 1.74. The Morgan fingerprint density at radius 2 is 1.87 bits per heavy atom. The second kappa shape index (κ2) is 7.06. The van der Waals surface area contributed by atoms with Gasteiger partial charge < -0.3 is 5.32 Å². The molecule has 0 unspecified atom stereocenters. The minimum absolute atomic E-state index is 0.265. The fourth-order valence-corrected chi connectivity index (χ4v) is 5.11. The minimum Gasteiger partial charge on any atom is -0.324 e. The highest BCUT2D eigenvalue weighted by molar-refractivity contribution is 6.12. The summed E-state index contributed by atoms with van der Waals surface area (Å²) in [5.41, 5.74) is 0.648. The summed E-state index contributed by atoms with van der Waals surface area (Å²) in [5, 5.41) is 2.83. The molecule has 2 aromatic carbocycles. The first-order valence-corrected chi connectivity index (χ1v) is 9.95. The number of benzene rings is 2. The summed E-state index contributed by atoms with van der Waals surface area (Å²) in [6.45, 7) is 0.367. The van der Waals surface area contributed by atoms with Crippen molar-refractivity contribution in [2.24, 2.45) is 5.92 Å². The number of Topliss-reactive ketones (excluding diaryl/α,β-unsaturated/α-hetero) is 1. The molecule has 2 aliphatic rings. The van der Waals surface area contributed by atoms with E-state index in [1.54, 1.807) is 42.4 Å². The van der Waals surface area contributed by atoms with Gasteiger partial charge in [0.2, 0.25) is 5.91 Å². The van der Waals surface area contributed by atoms with Crippen molar-refractivity contribution in [3.05, 3.63) is 95.3 Å². The predicted molar refractivity (Wildman–Crippen MR) is 111 cm³/mol. The molecule has 0 aliphatic carbocycles. The van der Waals surface area contributed by atoms with Gasteiger partial charge in [-0.2, -0.15) is 0 Å². The van der Waals surface area contributed by atoms with E-state index in [-0.39, 0.29) is 17.5 Å². The molecule has 3 heterocycles. The molecule has 1 fully saturated rings. The van der Waals surface area contributed by atoms with Crippen LogP contribution in [-0.2, 0) is 10.3 Å². The van der Waals surface area contributed by atoms with Crippen LogP contribution in [0.15, 0.2) is 67.0 Å². The Hall–Kier alpha value is -3.45. The summed E-state index contributed by atoms with van der Waals surface area (Å²) in [7, 11) is 1.76. The van der Waals surface area contributed by atoms with Crippen molar-refractivity contribution >= 4 is 17.4 Å². The van der Waals surface area contributed by atoms with E-state index in [4.69, 9.17) is 0 Å². The van der Waals surface area contributed by atoms with Gasteiger partial charge in [-0.1, -0.05) is 12.1 Å². The van der Waals surface area contributed by atoms with Crippen molar-refractivity contribution in [2.75, 3.05) is 18.9 Å². The number of aromatic nitrogens is 1. The maximum atomic E-state index is 14.3. The van der Waals surface area contributed by atoms with Crippen LogP contribution in [0.1, 0.15) is 27.4 Å². The maximum Gasteiger partial charge on any atom is 0.250 e. The number of fused-ring (bicyclic) bond motifs is 2. The van der Waals surface area contributed by atoms with Crippen molar-refractivity contribution < 1.29 is 18.4 Å². The van der Waals surface area contributed by atoms with E-state index < -0.39 is 23.2 Å². The number of hydrogen-bond acceptors (Lipinski definition) is 4. The highest BCUT2D eigenvalue weighted by atomic mass is 19.1. The lowest BCUT2D eigenvalue weighted by atomic mass is 9.70. The van der Waals surface area contributed by atoms with Crippen molar-refractivity contribution in [3.8, 4) is 0 Å². The minimum atomic E-state index is -1.39. The van der Waals surface area contributed by atoms with E-state index in [9.17, 15) is 18.4 Å².